The fraction of sp³-hybridized carbons (Fsp3) is 0.286. The van der Waals surface area contributed by atoms with Gasteiger partial charge in [0.05, 0.1) is 6.26 Å². The van der Waals surface area contributed by atoms with Crippen molar-refractivity contribution in [2.75, 3.05) is 0 Å². The molecule has 28 heavy (non-hydrogen) atoms. The van der Waals surface area contributed by atoms with E-state index in [1.807, 2.05) is 24.3 Å². The third-order valence-corrected chi connectivity index (χ3v) is 4.82. The first-order chi connectivity index (χ1) is 13.5. The molecule has 1 aliphatic heterocycles. The van der Waals surface area contributed by atoms with E-state index in [1.165, 1.54) is 11.2 Å². The number of amides is 2. The van der Waals surface area contributed by atoms with Crippen LogP contribution in [0.25, 0.3) is 0 Å². The maximum atomic E-state index is 12.9. The van der Waals surface area contributed by atoms with E-state index in [9.17, 15) is 19.5 Å². The zero-order valence-corrected chi connectivity index (χ0v) is 15.3. The SMILES string of the molecule is C=CCCC(NC(=O)C1Cc2ccccc2CN1C(=O)c1ccco1)C(=O)O. The van der Waals surface area contributed by atoms with Gasteiger partial charge in [-0.25, -0.2) is 4.79 Å². The first-order valence-corrected chi connectivity index (χ1v) is 9.06. The van der Waals surface area contributed by atoms with E-state index in [2.05, 4.69) is 11.9 Å². The lowest BCUT2D eigenvalue weighted by molar-refractivity contribution is -0.142. The van der Waals surface area contributed by atoms with Crippen LogP contribution in [0.4, 0.5) is 0 Å². The second-order valence-corrected chi connectivity index (χ2v) is 6.66. The summed E-state index contributed by atoms with van der Waals surface area (Å²) in [5.41, 5.74) is 1.91. The Bertz CT molecular complexity index is 875. The summed E-state index contributed by atoms with van der Waals surface area (Å²) in [4.78, 5) is 38.8. The molecule has 2 N–H and O–H groups in total. The second kappa shape index (κ2) is 8.56. The first-order valence-electron chi connectivity index (χ1n) is 9.06. The number of carboxylic acid groups (broad SMARTS) is 1. The number of allylic oxidation sites excluding steroid dienone is 1. The van der Waals surface area contributed by atoms with E-state index >= 15 is 0 Å². The maximum Gasteiger partial charge on any atom is 0.326 e. The molecule has 0 fully saturated rings. The molecule has 0 saturated heterocycles. The summed E-state index contributed by atoms with van der Waals surface area (Å²) in [7, 11) is 0. The Labute approximate surface area is 162 Å². The van der Waals surface area contributed by atoms with Gasteiger partial charge in [0.1, 0.15) is 12.1 Å². The molecule has 7 heteroatoms. The van der Waals surface area contributed by atoms with Gasteiger partial charge in [-0.2, -0.15) is 0 Å². The minimum atomic E-state index is -1.12. The zero-order valence-electron chi connectivity index (χ0n) is 15.3. The summed E-state index contributed by atoms with van der Waals surface area (Å²) in [5.74, 6) is -1.88. The van der Waals surface area contributed by atoms with Crippen LogP contribution in [0.1, 0.15) is 34.5 Å². The third-order valence-electron chi connectivity index (χ3n) is 4.82. The fourth-order valence-electron chi connectivity index (χ4n) is 3.32. The van der Waals surface area contributed by atoms with E-state index in [4.69, 9.17) is 4.42 Å². The van der Waals surface area contributed by atoms with E-state index in [1.54, 1.807) is 18.2 Å². The van der Waals surface area contributed by atoms with Crippen LogP contribution in [-0.2, 0) is 22.6 Å². The van der Waals surface area contributed by atoms with Gasteiger partial charge >= 0.3 is 5.97 Å². The van der Waals surface area contributed by atoms with Crippen LogP contribution in [0.15, 0.2) is 59.7 Å². The molecule has 3 rings (SSSR count). The van der Waals surface area contributed by atoms with E-state index in [-0.39, 0.29) is 18.7 Å². The molecule has 0 spiro atoms. The van der Waals surface area contributed by atoms with Crippen molar-refractivity contribution in [1.29, 1.82) is 0 Å². The van der Waals surface area contributed by atoms with Gasteiger partial charge in [0, 0.05) is 13.0 Å². The quantitative estimate of drug-likeness (QED) is 0.716. The van der Waals surface area contributed by atoms with Crippen molar-refractivity contribution in [3.8, 4) is 0 Å². The molecule has 0 saturated carbocycles. The van der Waals surface area contributed by atoms with Crippen LogP contribution in [0.5, 0.6) is 0 Å². The number of carbonyl (C=O) groups is 3. The number of hydrogen-bond acceptors (Lipinski definition) is 4. The highest BCUT2D eigenvalue weighted by Gasteiger charge is 2.37. The average molecular weight is 382 g/mol. The fourth-order valence-corrected chi connectivity index (χ4v) is 3.32. The normalized spacial score (nSPS) is 16.7. The Hall–Kier alpha value is -3.35. The molecule has 146 valence electrons. The van der Waals surface area contributed by atoms with Crippen LogP contribution in [-0.4, -0.2) is 39.9 Å². The van der Waals surface area contributed by atoms with Crippen LogP contribution >= 0.6 is 0 Å². The summed E-state index contributed by atoms with van der Waals surface area (Å²) in [6, 6.07) is 8.87. The molecule has 0 radical (unpaired) electrons. The van der Waals surface area contributed by atoms with E-state index in [0.717, 1.165) is 11.1 Å². The number of nitrogens with zero attached hydrogens (tertiary/aromatic N) is 1. The van der Waals surface area contributed by atoms with Crippen molar-refractivity contribution >= 4 is 17.8 Å². The topological polar surface area (TPSA) is 99.9 Å². The minimum Gasteiger partial charge on any atom is -0.480 e. The summed E-state index contributed by atoms with van der Waals surface area (Å²) in [5, 5.41) is 12.0. The molecule has 2 atom stereocenters. The number of fused-ring (bicyclic) bond motifs is 1. The summed E-state index contributed by atoms with van der Waals surface area (Å²) < 4.78 is 5.21. The van der Waals surface area contributed by atoms with Crippen LogP contribution in [0.2, 0.25) is 0 Å². The molecule has 2 amide bonds. The van der Waals surface area contributed by atoms with Gasteiger partial charge in [-0.15, -0.1) is 6.58 Å². The predicted molar refractivity (Wildman–Crippen MR) is 102 cm³/mol. The highest BCUT2D eigenvalue weighted by Crippen LogP contribution is 2.25. The number of hydrogen-bond donors (Lipinski definition) is 2. The number of nitrogens with one attached hydrogen (secondary N) is 1. The molecule has 1 aromatic heterocycles. The van der Waals surface area contributed by atoms with Crippen LogP contribution in [0.3, 0.4) is 0 Å². The number of furan rings is 1. The maximum absolute atomic E-state index is 12.9. The van der Waals surface area contributed by atoms with E-state index in [0.29, 0.717) is 12.8 Å². The Morgan fingerprint density at radius 3 is 2.64 bits per heavy atom. The molecule has 2 heterocycles. The Kier molecular flexibility index (Phi) is 5.93. The van der Waals surface area contributed by atoms with E-state index < -0.39 is 29.9 Å². The Morgan fingerprint density at radius 1 is 1.25 bits per heavy atom. The lowest BCUT2D eigenvalue weighted by atomic mass is 9.93. The number of aliphatic carboxylic acids is 1. The zero-order chi connectivity index (χ0) is 20.1. The highest BCUT2D eigenvalue weighted by atomic mass is 16.4. The average Bonchev–Trinajstić information content (AvgIpc) is 3.24. The molecule has 0 aliphatic carbocycles. The number of benzene rings is 1. The van der Waals surface area contributed by atoms with Gasteiger partial charge in [0.15, 0.2) is 5.76 Å². The van der Waals surface area contributed by atoms with Crippen molar-refractivity contribution in [3.05, 3.63) is 72.2 Å². The first kappa shape index (κ1) is 19.4. The Balaban J connectivity index is 1.86. The van der Waals surface area contributed by atoms with Crippen molar-refractivity contribution in [1.82, 2.24) is 10.2 Å². The Morgan fingerprint density at radius 2 is 2.00 bits per heavy atom. The lowest BCUT2D eigenvalue weighted by Gasteiger charge is -2.36. The molecule has 2 unspecified atom stereocenters. The molecular formula is C21H22N2O5. The van der Waals surface area contributed by atoms with Gasteiger partial charge in [-0.05, 0) is 36.1 Å². The van der Waals surface area contributed by atoms with Gasteiger partial charge in [0.2, 0.25) is 5.91 Å². The van der Waals surface area contributed by atoms with Gasteiger partial charge in [-0.1, -0.05) is 30.3 Å². The molecular weight excluding hydrogens is 360 g/mol. The standard InChI is InChI=1S/C21H22N2O5/c1-2-3-9-16(21(26)27)22-19(24)17-12-14-7-4-5-8-15(14)13-23(17)20(25)18-10-6-11-28-18/h2,4-8,10-11,16-17H,1,3,9,12-13H2,(H,22,24)(H,26,27). The van der Waals surface area contributed by atoms with Crippen molar-refractivity contribution in [2.45, 2.75) is 37.9 Å². The molecule has 1 aliphatic rings. The summed E-state index contributed by atoms with van der Waals surface area (Å²) in [6.45, 7) is 3.83. The lowest BCUT2D eigenvalue weighted by Crippen LogP contribution is -2.55. The summed E-state index contributed by atoms with van der Waals surface area (Å²) >= 11 is 0. The predicted octanol–water partition coefficient (Wildman–Crippen LogP) is 2.38. The number of rotatable bonds is 7. The second-order valence-electron chi connectivity index (χ2n) is 6.66. The van der Waals surface area contributed by atoms with Crippen molar-refractivity contribution < 1.29 is 23.9 Å². The number of carbonyl (C=O) groups excluding carboxylic acids is 2. The van der Waals surface area contributed by atoms with Gasteiger partial charge < -0.3 is 19.7 Å². The van der Waals surface area contributed by atoms with Gasteiger partial charge in [-0.3, -0.25) is 9.59 Å². The largest absolute Gasteiger partial charge is 0.480 e. The summed E-state index contributed by atoms with van der Waals surface area (Å²) in [6.07, 6.45) is 4.00. The van der Waals surface area contributed by atoms with Crippen molar-refractivity contribution in [3.63, 3.8) is 0 Å². The van der Waals surface area contributed by atoms with Gasteiger partial charge in [0.25, 0.3) is 5.91 Å². The molecule has 2 aromatic rings. The molecule has 0 bridgehead atoms. The smallest absolute Gasteiger partial charge is 0.326 e. The highest BCUT2D eigenvalue weighted by molar-refractivity contribution is 5.96. The van der Waals surface area contributed by atoms with Crippen molar-refractivity contribution in [2.24, 2.45) is 0 Å². The number of carboxylic acids is 1. The molecule has 1 aromatic carbocycles. The third kappa shape index (κ3) is 4.14. The van der Waals surface area contributed by atoms with Crippen LogP contribution < -0.4 is 5.32 Å². The van der Waals surface area contributed by atoms with Crippen LogP contribution in [0, 0.1) is 0 Å². The monoisotopic (exact) mass is 382 g/mol. The minimum absolute atomic E-state index is 0.138. The molecule has 7 nitrogen and oxygen atoms in total.